The van der Waals surface area contributed by atoms with Crippen LogP contribution < -0.4 is 14.4 Å². The van der Waals surface area contributed by atoms with Crippen LogP contribution >= 0.6 is 0 Å². The van der Waals surface area contributed by atoms with Gasteiger partial charge in [0.05, 0.1) is 5.92 Å². The quantitative estimate of drug-likeness (QED) is 0.834. The van der Waals surface area contributed by atoms with Gasteiger partial charge in [0, 0.05) is 38.3 Å². The van der Waals surface area contributed by atoms with Gasteiger partial charge < -0.3 is 19.3 Å². The lowest BCUT2D eigenvalue weighted by molar-refractivity contribution is -0.135. The third kappa shape index (κ3) is 3.60. The molecule has 0 unspecified atom stereocenters. The van der Waals surface area contributed by atoms with E-state index in [2.05, 4.69) is 0 Å². The van der Waals surface area contributed by atoms with Gasteiger partial charge in [-0.05, 0) is 17.7 Å². The average molecular weight is 366 g/mol. The highest BCUT2D eigenvalue weighted by molar-refractivity contribution is 6.00. The smallest absolute Gasteiger partial charge is 0.228 e. The molecule has 4 rings (SSSR count). The zero-order valence-corrected chi connectivity index (χ0v) is 15.3. The fourth-order valence-electron chi connectivity index (χ4n) is 3.57. The molecule has 2 heterocycles. The van der Waals surface area contributed by atoms with E-state index in [9.17, 15) is 9.59 Å². The predicted molar refractivity (Wildman–Crippen MR) is 101 cm³/mol. The fourth-order valence-corrected chi connectivity index (χ4v) is 3.57. The van der Waals surface area contributed by atoms with Crippen LogP contribution in [-0.4, -0.2) is 43.5 Å². The summed E-state index contributed by atoms with van der Waals surface area (Å²) in [5.74, 6) is 0.944. The molecule has 2 aliphatic rings. The summed E-state index contributed by atoms with van der Waals surface area (Å²) in [6, 6.07) is 15.3. The molecule has 2 aromatic carbocycles. The zero-order chi connectivity index (χ0) is 18.8. The molecule has 27 heavy (non-hydrogen) atoms. The minimum absolute atomic E-state index is 0.00718. The minimum Gasteiger partial charge on any atom is -0.486 e. The van der Waals surface area contributed by atoms with Gasteiger partial charge in [0.2, 0.25) is 11.8 Å². The zero-order valence-electron chi connectivity index (χ0n) is 15.3. The maximum Gasteiger partial charge on any atom is 0.228 e. The molecule has 0 bridgehead atoms. The summed E-state index contributed by atoms with van der Waals surface area (Å²) in [5, 5.41) is 0. The Morgan fingerprint density at radius 2 is 1.85 bits per heavy atom. The Bertz CT molecular complexity index is 853. The second-order valence-electron chi connectivity index (χ2n) is 6.91. The average Bonchev–Trinajstić information content (AvgIpc) is 3.09. The lowest BCUT2D eigenvalue weighted by atomic mass is 10.1. The molecule has 0 saturated carbocycles. The number of nitrogens with zero attached hydrogens (tertiary/aromatic N) is 2. The Balaban J connectivity index is 1.45. The maximum absolute atomic E-state index is 12.8. The molecule has 2 aromatic rings. The van der Waals surface area contributed by atoms with Gasteiger partial charge in [-0.3, -0.25) is 9.59 Å². The lowest BCUT2D eigenvalue weighted by Gasteiger charge is -2.23. The van der Waals surface area contributed by atoms with E-state index in [0.29, 0.717) is 37.8 Å². The molecule has 140 valence electrons. The van der Waals surface area contributed by atoms with Crippen LogP contribution in [0.5, 0.6) is 11.5 Å². The lowest BCUT2D eigenvalue weighted by Crippen LogP contribution is -2.34. The molecule has 0 aliphatic carbocycles. The Morgan fingerprint density at radius 3 is 2.63 bits per heavy atom. The molecule has 1 saturated heterocycles. The number of anilines is 1. The summed E-state index contributed by atoms with van der Waals surface area (Å²) in [6.07, 6.45) is 0.229. The Kier molecular flexibility index (Phi) is 4.71. The normalized spacial score (nSPS) is 18.5. The van der Waals surface area contributed by atoms with Crippen molar-refractivity contribution in [3.8, 4) is 11.5 Å². The summed E-state index contributed by atoms with van der Waals surface area (Å²) >= 11 is 0. The molecule has 2 aliphatic heterocycles. The molecule has 0 aromatic heterocycles. The van der Waals surface area contributed by atoms with E-state index >= 15 is 0 Å². The van der Waals surface area contributed by atoms with E-state index in [0.717, 1.165) is 11.3 Å². The van der Waals surface area contributed by atoms with Crippen molar-refractivity contribution in [3.63, 3.8) is 0 Å². The number of hydrogen-bond donors (Lipinski definition) is 0. The number of ether oxygens (including phenoxy) is 2. The molecule has 6 nitrogen and oxygen atoms in total. The van der Waals surface area contributed by atoms with Gasteiger partial charge >= 0.3 is 0 Å². The van der Waals surface area contributed by atoms with E-state index in [4.69, 9.17) is 9.47 Å². The Morgan fingerprint density at radius 1 is 1.11 bits per heavy atom. The van der Waals surface area contributed by atoms with E-state index in [1.54, 1.807) is 16.8 Å². The third-order valence-electron chi connectivity index (χ3n) is 4.95. The third-order valence-corrected chi connectivity index (χ3v) is 4.95. The number of hydrogen-bond acceptors (Lipinski definition) is 4. The van der Waals surface area contributed by atoms with E-state index in [-0.39, 0.29) is 24.2 Å². The number of fused-ring (bicyclic) bond motifs is 1. The summed E-state index contributed by atoms with van der Waals surface area (Å²) in [7, 11) is 1.78. The Hall–Kier alpha value is -3.02. The van der Waals surface area contributed by atoms with Crippen molar-refractivity contribution in [2.75, 3.05) is 31.7 Å². The van der Waals surface area contributed by atoms with Crippen LogP contribution in [0, 0.1) is 5.92 Å². The number of amides is 2. The summed E-state index contributed by atoms with van der Waals surface area (Å²) in [6.45, 7) is 1.94. The first-order chi connectivity index (χ1) is 13.1. The van der Waals surface area contributed by atoms with Crippen molar-refractivity contribution < 1.29 is 19.1 Å². The molecule has 1 atom stereocenters. The molecule has 6 heteroatoms. The van der Waals surface area contributed by atoms with Crippen LogP contribution in [-0.2, 0) is 16.1 Å². The molecule has 1 fully saturated rings. The maximum atomic E-state index is 12.8. The first kappa shape index (κ1) is 17.4. The molecule has 0 radical (unpaired) electrons. The second kappa shape index (κ2) is 7.31. The topological polar surface area (TPSA) is 59.1 Å². The fraction of sp³-hybridized carbons (Fsp3) is 0.333. The van der Waals surface area contributed by atoms with Crippen LogP contribution in [0.1, 0.15) is 12.0 Å². The van der Waals surface area contributed by atoms with E-state index in [1.165, 1.54) is 0 Å². The van der Waals surface area contributed by atoms with Gasteiger partial charge in [-0.2, -0.15) is 0 Å². The van der Waals surface area contributed by atoms with Crippen molar-refractivity contribution in [3.05, 3.63) is 54.1 Å². The van der Waals surface area contributed by atoms with Crippen LogP contribution in [0.3, 0.4) is 0 Å². The predicted octanol–water partition coefficient (Wildman–Crippen LogP) is 2.47. The highest BCUT2D eigenvalue weighted by Crippen LogP contribution is 2.36. The second-order valence-corrected chi connectivity index (χ2v) is 6.91. The van der Waals surface area contributed by atoms with Crippen molar-refractivity contribution >= 4 is 17.5 Å². The highest BCUT2D eigenvalue weighted by atomic mass is 16.6. The van der Waals surface area contributed by atoms with Gasteiger partial charge in [-0.15, -0.1) is 0 Å². The number of carbonyl (C=O) groups excluding carboxylic acids is 2. The first-order valence-corrected chi connectivity index (χ1v) is 9.11. The van der Waals surface area contributed by atoms with Crippen LogP contribution in [0.15, 0.2) is 48.5 Å². The summed E-state index contributed by atoms with van der Waals surface area (Å²) < 4.78 is 11.1. The first-order valence-electron chi connectivity index (χ1n) is 9.11. The van der Waals surface area contributed by atoms with Crippen molar-refractivity contribution in [1.29, 1.82) is 0 Å². The number of benzene rings is 2. The van der Waals surface area contributed by atoms with E-state index < -0.39 is 0 Å². The molecular weight excluding hydrogens is 344 g/mol. The highest BCUT2D eigenvalue weighted by Gasteiger charge is 2.36. The van der Waals surface area contributed by atoms with Crippen molar-refractivity contribution in [1.82, 2.24) is 4.90 Å². The molecular formula is C21H22N2O4. The van der Waals surface area contributed by atoms with Gasteiger partial charge in [-0.25, -0.2) is 0 Å². The molecule has 0 N–H and O–H groups in total. The Labute approximate surface area is 158 Å². The largest absolute Gasteiger partial charge is 0.486 e. The van der Waals surface area contributed by atoms with Gasteiger partial charge in [0.25, 0.3) is 0 Å². The van der Waals surface area contributed by atoms with Gasteiger partial charge in [0.15, 0.2) is 11.5 Å². The minimum atomic E-state index is -0.334. The molecule has 0 spiro atoms. The standard InChI is InChI=1S/C21H22N2O4/c1-22(13-15-5-3-2-4-6-15)21(25)16-11-20(24)23(14-16)17-7-8-18-19(12-17)27-10-9-26-18/h2-8,12,16H,9-11,13-14H2,1H3/t16-/m0/s1. The van der Waals surface area contributed by atoms with Crippen molar-refractivity contribution in [2.45, 2.75) is 13.0 Å². The van der Waals surface area contributed by atoms with Gasteiger partial charge in [0.1, 0.15) is 13.2 Å². The summed E-state index contributed by atoms with van der Waals surface area (Å²) in [4.78, 5) is 28.7. The van der Waals surface area contributed by atoms with Gasteiger partial charge in [-0.1, -0.05) is 30.3 Å². The van der Waals surface area contributed by atoms with Crippen LogP contribution in [0.4, 0.5) is 5.69 Å². The SMILES string of the molecule is CN(Cc1ccccc1)C(=O)[C@H]1CC(=O)N(c2ccc3c(c2)OCCO3)C1. The van der Waals surface area contributed by atoms with Crippen molar-refractivity contribution in [2.24, 2.45) is 5.92 Å². The summed E-state index contributed by atoms with van der Waals surface area (Å²) in [5.41, 5.74) is 1.81. The molecule has 2 amide bonds. The van der Waals surface area contributed by atoms with Crippen LogP contribution in [0.2, 0.25) is 0 Å². The van der Waals surface area contributed by atoms with E-state index in [1.807, 2.05) is 48.5 Å². The monoisotopic (exact) mass is 366 g/mol. The number of carbonyl (C=O) groups is 2. The number of rotatable bonds is 4. The van der Waals surface area contributed by atoms with Crippen LogP contribution in [0.25, 0.3) is 0 Å².